The van der Waals surface area contributed by atoms with Crippen molar-refractivity contribution in [2.75, 3.05) is 26.4 Å². The Balaban J connectivity index is 4.19. The first-order valence-electron chi connectivity index (χ1n) is 21.1. The third-order valence-corrected chi connectivity index (χ3v) is 9.71. The van der Waals surface area contributed by atoms with Crippen LogP contribution < -0.4 is 5.73 Å². The second-order valence-corrected chi connectivity index (χ2v) is 15.3. The maximum absolute atomic E-state index is 12.6. The Morgan fingerprint density at radius 3 is 1.55 bits per heavy atom. The molecule has 0 bridgehead atoms. The Morgan fingerprint density at radius 1 is 0.585 bits per heavy atom. The summed E-state index contributed by atoms with van der Waals surface area (Å²) in [4.78, 5) is 34.8. The van der Waals surface area contributed by atoms with Crippen LogP contribution in [-0.4, -0.2) is 49.3 Å². The van der Waals surface area contributed by atoms with Crippen LogP contribution in [0.25, 0.3) is 0 Å². The van der Waals surface area contributed by atoms with Crippen molar-refractivity contribution in [2.24, 2.45) is 5.73 Å². The standard InChI is InChI=1S/C43H78NO8P/c1-3-5-7-9-11-13-15-17-18-19-20-21-22-24-26-28-30-32-34-36-43(46)52-41(40-51-53(47,48)50-38-37-44)39-49-42(45)35-33-31-29-27-25-23-16-14-12-10-8-6-4-2/h5,7,11,13,17-18,20-21,41H,3-4,6,8-10,12,14-16,19,22-40,44H2,1-2H3,(H,47,48)/b7-5-,13-11-,18-17-,21-20-. The van der Waals surface area contributed by atoms with Gasteiger partial charge in [-0.05, 0) is 51.4 Å². The second-order valence-electron chi connectivity index (χ2n) is 13.8. The number of ether oxygens (including phenoxy) is 2. The van der Waals surface area contributed by atoms with Gasteiger partial charge in [-0.15, -0.1) is 0 Å². The van der Waals surface area contributed by atoms with Gasteiger partial charge in [-0.3, -0.25) is 18.6 Å². The zero-order valence-corrected chi connectivity index (χ0v) is 34.6. The average Bonchev–Trinajstić information content (AvgIpc) is 3.14. The molecule has 2 unspecified atom stereocenters. The first-order chi connectivity index (χ1) is 25.8. The van der Waals surface area contributed by atoms with Crippen LogP contribution in [0.3, 0.4) is 0 Å². The maximum Gasteiger partial charge on any atom is 0.472 e. The SMILES string of the molecule is CC/C=C\C/C=C\C/C=C\C/C=C\CCCCCCCCC(=O)OC(COC(=O)CCCCCCCCCCCCCCC)COP(=O)(O)OCCN. The lowest BCUT2D eigenvalue weighted by molar-refractivity contribution is -0.161. The third kappa shape index (κ3) is 39.5. The molecule has 2 atom stereocenters. The number of nitrogens with two attached hydrogens (primary N) is 1. The first kappa shape index (κ1) is 51.0. The van der Waals surface area contributed by atoms with Crippen LogP contribution in [0.1, 0.15) is 181 Å². The number of allylic oxidation sites excluding steroid dienone is 8. The molecule has 0 aromatic rings. The summed E-state index contributed by atoms with van der Waals surface area (Å²) in [5, 5.41) is 0. The normalized spacial score (nSPS) is 13.8. The van der Waals surface area contributed by atoms with Gasteiger partial charge in [0.1, 0.15) is 6.61 Å². The lowest BCUT2D eigenvalue weighted by atomic mass is 10.0. The average molecular weight is 768 g/mol. The van der Waals surface area contributed by atoms with E-state index < -0.39 is 26.5 Å². The summed E-state index contributed by atoms with van der Waals surface area (Å²) >= 11 is 0. The minimum Gasteiger partial charge on any atom is -0.462 e. The molecule has 0 saturated heterocycles. The summed E-state index contributed by atoms with van der Waals surface area (Å²) in [7, 11) is -4.38. The molecule has 9 nitrogen and oxygen atoms in total. The molecule has 0 rings (SSSR count). The molecule has 53 heavy (non-hydrogen) atoms. The number of phosphoric acid groups is 1. The topological polar surface area (TPSA) is 134 Å². The van der Waals surface area contributed by atoms with Crippen LogP contribution in [0, 0.1) is 0 Å². The van der Waals surface area contributed by atoms with E-state index in [9.17, 15) is 19.0 Å². The molecule has 3 N–H and O–H groups in total. The Kier molecular flexibility index (Phi) is 38.1. The largest absolute Gasteiger partial charge is 0.472 e. The zero-order valence-electron chi connectivity index (χ0n) is 33.7. The van der Waals surface area contributed by atoms with E-state index in [4.69, 9.17) is 24.3 Å². The Bertz CT molecular complexity index is 1010. The van der Waals surface area contributed by atoms with E-state index in [1.54, 1.807) is 0 Å². The molecule has 10 heteroatoms. The number of esters is 2. The quantitative estimate of drug-likeness (QED) is 0.0271. The van der Waals surface area contributed by atoms with Crippen molar-refractivity contribution in [1.82, 2.24) is 0 Å². The second kappa shape index (κ2) is 39.7. The summed E-state index contributed by atoms with van der Waals surface area (Å²) in [6.07, 6.45) is 44.2. The van der Waals surface area contributed by atoms with Crippen molar-refractivity contribution in [2.45, 2.75) is 187 Å². The third-order valence-electron chi connectivity index (χ3n) is 8.73. The highest BCUT2D eigenvalue weighted by molar-refractivity contribution is 7.47. The molecule has 0 aromatic carbocycles. The minimum absolute atomic E-state index is 0.0500. The number of rotatable bonds is 39. The van der Waals surface area contributed by atoms with E-state index in [2.05, 4.69) is 62.5 Å². The van der Waals surface area contributed by atoms with Gasteiger partial charge in [0.2, 0.25) is 0 Å². The fourth-order valence-corrected chi connectivity index (χ4v) is 6.39. The molecule has 308 valence electrons. The fourth-order valence-electron chi connectivity index (χ4n) is 5.62. The molecular formula is C43H78NO8P. The highest BCUT2D eigenvalue weighted by atomic mass is 31.2. The summed E-state index contributed by atoms with van der Waals surface area (Å²) < 4.78 is 32.7. The van der Waals surface area contributed by atoms with Crippen molar-refractivity contribution in [3.05, 3.63) is 48.6 Å². The van der Waals surface area contributed by atoms with Crippen molar-refractivity contribution in [3.63, 3.8) is 0 Å². The van der Waals surface area contributed by atoms with E-state index in [-0.39, 0.29) is 38.6 Å². The summed E-state index contributed by atoms with van der Waals surface area (Å²) in [5.74, 6) is -0.844. The molecule has 0 fully saturated rings. The van der Waals surface area contributed by atoms with Gasteiger partial charge in [-0.2, -0.15) is 0 Å². The summed E-state index contributed by atoms with van der Waals surface area (Å²) in [5.41, 5.74) is 5.34. The Morgan fingerprint density at radius 2 is 1.04 bits per heavy atom. The molecule has 0 aliphatic rings. The Labute approximate surface area is 324 Å². The van der Waals surface area contributed by atoms with Crippen molar-refractivity contribution >= 4 is 19.8 Å². The van der Waals surface area contributed by atoms with E-state index in [0.29, 0.717) is 6.42 Å². The number of phosphoric ester groups is 1. The van der Waals surface area contributed by atoms with Gasteiger partial charge in [-0.1, -0.05) is 165 Å². The molecule has 0 amide bonds. The monoisotopic (exact) mass is 768 g/mol. The highest BCUT2D eigenvalue weighted by Gasteiger charge is 2.26. The van der Waals surface area contributed by atoms with Gasteiger partial charge in [0.15, 0.2) is 6.10 Å². The van der Waals surface area contributed by atoms with Gasteiger partial charge < -0.3 is 20.1 Å². The number of carbonyl (C=O) groups is 2. The van der Waals surface area contributed by atoms with Crippen LogP contribution >= 0.6 is 7.82 Å². The van der Waals surface area contributed by atoms with Crippen molar-refractivity contribution in [3.8, 4) is 0 Å². The smallest absolute Gasteiger partial charge is 0.462 e. The zero-order chi connectivity index (χ0) is 38.9. The first-order valence-corrected chi connectivity index (χ1v) is 22.6. The number of carbonyl (C=O) groups excluding carboxylic acids is 2. The van der Waals surface area contributed by atoms with E-state index in [1.807, 2.05) is 0 Å². The molecular weight excluding hydrogens is 689 g/mol. The van der Waals surface area contributed by atoms with Crippen LogP contribution in [0.15, 0.2) is 48.6 Å². The molecule has 0 heterocycles. The lowest BCUT2D eigenvalue weighted by Crippen LogP contribution is -2.29. The molecule has 0 radical (unpaired) electrons. The highest BCUT2D eigenvalue weighted by Crippen LogP contribution is 2.43. The lowest BCUT2D eigenvalue weighted by Gasteiger charge is -2.19. The van der Waals surface area contributed by atoms with E-state index in [1.165, 1.54) is 64.2 Å². The van der Waals surface area contributed by atoms with Crippen LogP contribution in [0.4, 0.5) is 0 Å². The number of hydrogen-bond donors (Lipinski definition) is 2. The van der Waals surface area contributed by atoms with Gasteiger partial charge in [0.05, 0.1) is 13.2 Å². The molecule has 0 spiro atoms. The fraction of sp³-hybridized carbons (Fsp3) is 0.767. The maximum atomic E-state index is 12.6. The van der Waals surface area contributed by atoms with E-state index >= 15 is 0 Å². The number of hydrogen-bond acceptors (Lipinski definition) is 8. The minimum atomic E-state index is -4.38. The Hall–Kier alpha value is -2.03. The van der Waals surface area contributed by atoms with E-state index in [0.717, 1.165) is 83.5 Å². The molecule has 0 aromatic heterocycles. The van der Waals surface area contributed by atoms with Crippen LogP contribution in [0.2, 0.25) is 0 Å². The predicted octanol–water partition coefficient (Wildman–Crippen LogP) is 11.9. The van der Waals surface area contributed by atoms with Gasteiger partial charge in [-0.25, -0.2) is 4.57 Å². The van der Waals surface area contributed by atoms with Crippen molar-refractivity contribution in [1.29, 1.82) is 0 Å². The van der Waals surface area contributed by atoms with Gasteiger partial charge >= 0.3 is 19.8 Å². The van der Waals surface area contributed by atoms with Crippen LogP contribution in [-0.2, 0) is 32.7 Å². The van der Waals surface area contributed by atoms with Crippen LogP contribution in [0.5, 0.6) is 0 Å². The molecule has 0 aliphatic heterocycles. The summed E-state index contributed by atoms with van der Waals surface area (Å²) in [6.45, 7) is 3.60. The molecule has 0 saturated carbocycles. The predicted molar refractivity (Wildman–Crippen MR) is 220 cm³/mol. The number of unbranched alkanes of at least 4 members (excludes halogenated alkanes) is 18. The van der Waals surface area contributed by atoms with Gasteiger partial charge in [0.25, 0.3) is 0 Å². The van der Waals surface area contributed by atoms with Crippen molar-refractivity contribution < 1.29 is 37.6 Å². The summed E-state index contributed by atoms with van der Waals surface area (Å²) in [6, 6.07) is 0. The molecule has 0 aliphatic carbocycles. The van der Waals surface area contributed by atoms with Gasteiger partial charge in [0, 0.05) is 19.4 Å².